The third kappa shape index (κ3) is 3.67. The number of hydrogen-bond acceptors (Lipinski definition) is 5. The number of ether oxygens (including phenoxy) is 1. The van der Waals surface area contributed by atoms with Crippen molar-refractivity contribution in [3.8, 4) is 0 Å². The molecule has 2 aliphatic rings. The fourth-order valence-electron chi connectivity index (χ4n) is 3.28. The van der Waals surface area contributed by atoms with Crippen LogP contribution in [0.3, 0.4) is 0 Å². The SMILES string of the molecule is CN(C)C(=O)c1ccc(N[C@H]2CCC(=O)N[C@@H]2C2CCCO2)nc1. The number of rotatable bonds is 4. The molecule has 2 fully saturated rings. The number of aromatic nitrogens is 1. The van der Waals surface area contributed by atoms with Gasteiger partial charge in [0, 0.05) is 33.3 Å². The lowest BCUT2D eigenvalue weighted by atomic mass is 9.92. The van der Waals surface area contributed by atoms with E-state index in [1.807, 2.05) is 0 Å². The first-order valence-electron chi connectivity index (χ1n) is 8.40. The van der Waals surface area contributed by atoms with Crippen LogP contribution in [0.5, 0.6) is 0 Å². The molecule has 0 aromatic carbocycles. The molecule has 7 nitrogen and oxygen atoms in total. The monoisotopic (exact) mass is 332 g/mol. The van der Waals surface area contributed by atoms with Gasteiger partial charge < -0.3 is 20.3 Å². The van der Waals surface area contributed by atoms with E-state index in [1.54, 1.807) is 32.4 Å². The molecular weight excluding hydrogens is 308 g/mol. The molecule has 2 amide bonds. The molecular formula is C17H24N4O3. The first-order valence-corrected chi connectivity index (χ1v) is 8.40. The van der Waals surface area contributed by atoms with E-state index in [-0.39, 0.29) is 30.0 Å². The third-order valence-corrected chi connectivity index (χ3v) is 4.56. The fraction of sp³-hybridized carbons (Fsp3) is 0.588. The van der Waals surface area contributed by atoms with Crippen molar-refractivity contribution in [1.82, 2.24) is 15.2 Å². The van der Waals surface area contributed by atoms with E-state index in [2.05, 4.69) is 15.6 Å². The molecule has 1 aromatic rings. The number of amides is 2. The Bertz CT molecular complexity index is 596. The van der Waals surface area contributed by atoms with Crippen molar-refractivity contribution in [3.05, 3.63) is 23.9 Å². The largest absolute Gasteiger partial charge is 0.376 e. The number of nitrogens with one attached hydrogen (secondary N) is 2. The van der Waals surface area contributed by atoms with Crippen LogP contribution in [0, 0.1) is 0 Å². The molecule has 0 spiro atoms. The molecule has 3 heterocycles. The Labute approximate surface area is 141 Å². The molecule has 7 heteroatoms. The Hall–Kier alpha value is -2.15. The van der Waals surface area contributed by atoms with E-state index in [0.29, 0.717) is 17.8 Å². The standard InChI is InChI=1S/C17H24N4O3/c1-21(2)17(23)11-5-7-14(18-10-11)19-12-6-8-15(22)20-16(12)13-4-3-9-24-13/h5,7,10,12-13,16H,3-4,6,8-9H2,1-2H3,(H,18,19)(H,20,22)/t12-,13?,16-/m0/s1. The lowest BCUT2D eigenvalue weighted by molar-refractivity contribution is -0.124. The highest BCUT2D eigenvalue weighted by atomic mass is 16.5. The molecule has 2 N–H and O–H groups in total. The number of pyridine rings is 1. The summed E-state index contributed by atoms with van der Waals surface area (Å²) in [5.41, 5.74) is 0.554. The molecule has 0 aliphatic carbocycles. The second-order valence-electron chi connectivity index (χ2n) is 6.57. The summed E-state index contributed by atoms with van der Waals surface area (Å²) in [5, 5.41) is 6.45. The maximum absolute atomic E-state index is 11.9. The molecule has 3 rings (SSSR count). The average Bonchev–Trinajstić information content (AvgIpc) is 3.11. The van der Waals surface area contributed by atoms with Crippen LogP contribution in [0.25, 0.3) is 0 Å². The minimum absolute atomic E-state index is 0.0429. The van der Waals surface area contributed by atoms with Crippen molar-refractivity contribution in [2.24, 2.45) is 0 Å². The molecule has 130 valence electrons. The number of hydrogen-bond donors (Lipinski definition) is 2. The summed E-state index contributed by atoms with van der Waals surface area (Å²) in [6.45, 7) is 0.753. The molecule has 2 saturated heterocycles. The number of anilines is 1. The molecule has 24 heavy (non-hydrogen) atoms. The van der Waals surface area contributed by atoms with Gasteiger partial charge in [0.25, 0.3) is 5.91 Å². The second-order valence-corrected chi connectivity index (χ2v) is 6.57. The highest BCUT2D eigenvalue weighted by Gasteiger charge is 2.36. The number of nitrogens with zero attached hydrogens (tertiary/aromatic N) is 2. The van der Waals surface area contributed by atoms with E-state index < -0.39 is 0 Å². The zero-order valence-electron chi connectivity index (χ0n) is 14.1. The van der Waals surface area contributed by atoms with E-state index in [9.17, 15) is 9.59 Å². The van der Waals surface area contributed by atoms with Crippen LogP contribution in [-0.2, 0) is 9.53 Å². The van der Waals surface area contributed by atoms with Crippen molar-refractivity contribution < 1.29 is 14.3 Å². The van der Waals surface area contributed by atoms with Crippen molar-refractivity contribution in [2.45, 2.75) is 43.9 Å². The first kappa shape index (κ1) is 16.7. The predicted octanol–water partition coefficient (Wildman–Crippen LogP) is 1.02. The maximum atomic E-state index is 11.9. The van der Waals surface area contributed by atoms with E-state index in [4.69, 9.17) is 4.74 Å². The smallest absolute Gasteiger partial charge is 0.254 e. The minimum atomic E-state index is -0.0730. The van der Waals surface area contributed by atoms with Gasteiger partial charge in [-0.25, -0.2) is 4.98 Å². The zero-order valence-corrected chi connectivity index (χ0v) is 14.1. The Morgan fingerprint density at radius 2 is 2.21 bits per heavy atom. The van der Waals surface area contributed by atoms with Crippen LogP contribution in [0.4, 0.5) is 5.82 Å². The molecule has 1 aromatic heterocycles. The van der Waals surface area contributed by atoms with Crippen LogP contribution < -0.4 is 10.6 Å². The van der Waals surface area contributed by atoms with E-state index in [0.717, 1.165) is 25.9 Å². The molecule has 0 saturated carbocycles. The summed E-state index contributed by atoms with van der Waals surface area (Å²) in [4.78, 5) is 29.5. The summed E-state index contributed by atoms with van der Waals surface area (Å²) in [6, 6.07) is 3.60. The molecule has 2 aliphatic heterocycles. The topological polar surface area (TPSA) is 83.6 Å². The summed E-state index contributed by atoms with van der Waals surface area (Å²) >= 11 is 0. The van der Waals surface area contributed by atoms with Crippen LogP contribution in [-0.4, -0.2) is 60.6 Å². The minimum Gasteiger partial charge on any atom is -0.376 e. The van der Waals surface area contributed by atoms with E-state index in [1.165, 1.54) is 4.90 Å². The summed E-state index contributed by atoms with van der Waals surface area (Å²) < 4.78 is 5.76. The Kier molecular flexibility index (Phi) is 4.99. The van der Waals surface area contributed by atoms with Crippen molar-refractivity contribution in [1.29, 1.82) is 0 Å². The Balaban J connectivity index is 1.68. The summed E-state index contributed by atoms with van der Waals surface area (Å²) in [7, 11) is 3.43. The van der Waals surface area contributed by atoms with Gasteiger partial charge in [0.1, 0.15) is 5.82 Å². The second kappa shape index (κ2) is 7.17. The fourth-order valence-corrected chi connectivity index (χ4v) is 3.28. The van der Waals surface area contributed by atoms with Gasteiger partial charge in [-0.05, 0) is 31.4 Å². The van der Waals surface area contributed by atoms with Gasteiger partial charge in [-0.1, -0.05) is 0 Å². The van der Waals surface area contributed by atoms with Crippen molar-refractivity contribution in [2.75, 3.05) is 26.0 Å². The number of piperidine rings is 1. The highest BCUT2D eigenvalue weighted by molar-refractivity contribution is 5.93. The van der Waals surface area contributed by atoms with E-state index >= 15 is 0 Å². The lowest BCUT2D eigenvalue weighted by Crippen LogP contribution is -2.56. The molecule has 3 atom stereocenters. The third-order valence-electron chi connectivity index (χ3n) is 4.56. The normalized spacial score (nSPS) is 26.8. The van der Waals surface area contributed by atoms with Crippen LogP contribution in [0.2, 0.25) is 0 Å². The van der Waals surface area contributed by atoms with Gasteiger partial charge in [0.15, 0.2) is 0 Å². The van der Waals surface area contributed by atoms with Crippen LogP contribution in [0.15, 0.2) is 18.3 Å². The Morgan fingerprint density at radius 1 is 1.38 bits per heavy atom. The predicted molar refractivity (Wildman–Crippen MR) is 89.8 cm³/mol. The lowest BCUT2D eigenvalue weighted by Gasteiger charge is -2.36. The van der Waals surface area contributed by atoms with Gasteiger partial charge in [-0.3, -0.25) is 9.59 Å². The summed E-state index contributed by atoms with van der Waals surface area (Å²) in [6.07, 6.45) is 4.87. The number of carbonyl (C=O) groups excluding carboxylic acids is 2. The average molecular weight is 332 g/mol. The molecule has 0 radical (unpaired) electrons. The highest BCUT2D eigenvalue weighted by Crippen LogP contribution is 2.24. The first-order chi connectivity index (χ1) is 11.5. The molecule has 0 bridgehead atoms. The van der Waals surface area contributed by atoms with Crippen LogP contribution >= 0.6 is 0 Å². The Morgan fingerprint density at radius 3 is 2.83 bits per heavy atom. The van der Waals surface area contributed by atoms with Crippen molar-refractivity contribution >= 4 is 17.6 Å². The zero-order chi connectivity index (χ0) is 17.1. The quantitative estimate of drug-likeness (QED) is 0.860. The van der Waals surface area contributed by atoms with Gasteiger partial charge in [-0.15, -0.1) is 0 Å². The van der Waals surface area contributed by atoms with Gasteiger partial charge >= 0.3 is 0 Å². The molecule has 1 unspecified atom stereocenters. The number of carbonyl (C=O) groups is 2. The summed E-state index contributed by atoms with van der Waals surface area (Å²) in [5.74, 6) is 0.708. The van der Waals surface area contributed by atoms with Gasteiger partial charge in [0.2, 0.25) is 5.91 Å². The van der Waals surface area contributed by atoms with Gasteiger partial charge in [-0.2, -0.15) is 0 Å². The van der Waals surface area contributed by atoms with Gasteiger partial charge in [0.05, 0.1) is 23.8 Å². The van der Waals surface area contributed by atoms with Crippen molar-refractivity contribution in [3.63, 3.8) is 0 Å². The maximum Gasteiger partial charge on any atom is 0.254 e. The van der Waals surface area contributed by atoms with Crippen LogP contribution in [0.1, 0.15) is 36.0 Å².